The van der Waals surface area contributed by atoms with Gasteiger partial charge in [-0.2, -0.15) is 0 Å². The highest BCUT2D eigenvalue weighted by molar-refractivity contribution is 7.53. The minimum absolute atomic E-state index is 0.105. The number of nitrogens with two attached hydrogens (primary N) is 1. The van der Waals surface area contributed by atoms with Gasteiger partial charge in [0.2, 0.25) is 5.91 Å². The standard InChI is InChI=1S/C22H29N2O6P/c1-4-29-31(27,30-5-2)15-16-10-12-17(13-11-16)22(26)24-19(21(23)25)14-18-8-6-7-9-20(18)28-3/h6-13,19H,4-5,14-15H2,1-3H3,(H2,23,25)(H,24,26)/t19-/m0/s1. The zero-order chi connectivity index (χ0) is 22.9. The molecule has 0 heterocycles. The van der Waals surface area contributed by atoms with Crippen LogP contribution in [-0.2, 0) is 31.0 Å². The number of primary amides is 1. The average molecular weight is 448 g/mol. The normalized spacial score (nSPS) is 12.2. The van der Waals surface area contributed by atoms with Crippen molar-refractivity contribution in [2.24, 2.45) is 5.73 Å². The third-order valence-electron chi connectivity index (χ3n) is 4.51. The summed E-state index contributed by atoms with van der Waals surface area (Å²) in [6.45, 7) is 4.05. The van der Waals surface area contributed by atoms with Gasteiger partial charge in [-0.15, -0.1) is 0 Å². The maximum Gasteiger partial charge on any atom is 0.335 e. The molecule has 0 saturated carbocycles. The smallest absolute Gasteiger partial charge is 0.335 e. The molecule has 31 heavy (non-hydrogen) atoms. The van der Waals surface area contributed by atoms with Crippen LogP contribution in [0.5, 0.6) is 5.75 Å². The van der Waals surface area contributed by atoms with Crippen molar-refractivity contribution in [3.63, 3.8) is 0 Å². The lowest BCUT2D eigenvalue weighted by molar-refractivity contribution is -0.119. The van der Waals surface area contributed by atoms with Crippen molar-refractivity contribution in [3.8, 4) is 5.75 Å². The van der Waals surface area contributed by atoms with Gasteiger partial charge in [-0.05, 0) is 43.2 Å². The van der Waals surface area contributed by atoms with Gasteiger partial charge in [-0.1, -0.05) is 30.3 Å². The van der Waals surface area contributed by atoms with Crippen LogP contribution in [0, 0.1) is 0 Å². The molecular weight excluding hydrogens is 419 g/mol. The average Bonchev–Trinajstić information content (AvgIpc) is 2.74. The molecule has 3 N–H and O–H groups in total. The quantitative estimate of drug-likeness (QED) is 0.481. The highest BCUT2D eigenvalue weighted by Crippen LogP contribution is 2.51. The summed E-state index contributed by atoms with van der Waals surface area (Å²) in [5.41, 5.74) is 7.31. The monoisotopic (exact) mass is 448 g/mol. The third-order valence-corrected chi connectivity index (χ3v) is 6.56. The Balaban J connectivity index is 2.09. The Labute approximate surface area is 182 Å². The number of carbonyl (C=O) groups excluding carboxylic acids is 2. The summed E-state index contributed by atoms with van der Waals surface area (Å²) in [5, 5.41) is 2.67. The van der Waals surface area contributed by atoms with E-state index in [4.69, 9.17) is 19.5 Å². The molecule has 0 aliphatic heterocycles. The number of hydrogen-bond acceptors (Lipinski definition) is 6. The van der Waals surface area contributed by atoms with Gasteiger partial charge in [-0.25, -0.2) is 0 Å². The van der Waals surface area contributed by atoms with Crippen molar-refractivity contribution < 1.29 is 27.9 Å². The van der Waals surface area contributed by atoms with Crippen LogP contribution in [0.4, 0.5) is 0 Å². The van der Waals surface area contributed by atoms with Gasteiger partial charge >= 0.3 is 7.60 Å². The minimum atomic E-state index is -3.24. The van der Waals surface area contributed by atoms with Gasteiger partial charge in [0.1, 0.15) is 11.8 Å². The van der Waals surface area contributed by atoms with Crippen LogP contribution in [0.25, 0.3) is 0 Å². The van der Waals surface area contributed by atoms with Crippen LogP contribution < -0.4 is 15.8 Å². The van der Waals surface area contributed by atoms with Gasteiger partial charge in [0.15, 0.2) is 0 Å². The summed E-state index contributed by atoms with van der Waals surface area (Å²) < 4.78 is 28.6. The van der Waals surface area contributed by atoms with E-state index >= 15 is 0 Å². The molecule has 0 bridgehead atoms. The van der Waals surface area contributed by atoms with Crippen LogP contribution in [0.15, 0.2) is 48.5 Å². The highest BCUT2D eigenvalue weighted by atomic mass is 31.2. The van der Waals surface area contributed by atoms with Crippen molar-refractivity contribution in [1.82, 2.24) is 5.32 Å². The van der Waals surface area contributed by atoms with E-state index in [0.29, 0.717) is 16.9 Å². The number of para-hydroxylation sites is 1. The predicted octanol–water partition coefficient (Wildman–Crippen LogP) is 3.29. The molecule has 0 saturated heterocycles. The summed E-state index contributed by atoms with van der Waals surface area (Å²) in [6, 6.07) is 12.9. The fourth-order valence-electron chi connectivity index (χ4n) is 3.06. The Morgan fingerprint density at radius 1 is 1.03 bits per heavy atom. The van der Waals surface area contributed by atoms with Crippen LogP contribution in [-0.4, -0.2) is 38.2 Å². The number of ether oxygens (including phenoxy) is 1. The van der Waals surface area contributed by atoms with Crippen molar-refractivity contribution in [2.45, 2.75) is 32.5 Å². The van der Waals surface area contributed by atoms with Crippen LogP contribution in [0.1, 0.15) is 35.3 Å². The van der Waals surface area contributed by atoms with E-state index in [9.17, 15) is 14.2 Å². The van der Waals surface area contributed by atoms with E-state index in [1.54, 1.807) is 44.2 Å². The van der Waals surface area contributed by atoms with Gasteiger partial charge < -0.3 is 24.8 Å². The summed E-state index contributed by atoms with van der Waals surface area (Å²) in [5.74, 6) is -0.478. The molecular formula is C22H29N2O6P. The number of amides is 2. The molecule has 0 spiro atoms. The van der Waals surface area contributed by atoms with E-state index in [1.165, 1.54) is 7.11 Å². The molecule has 0 radical (unpaired) electrons. The van der Waals surface area contributed by atoms with E-state index in [-0.39, 0.29) is 25.8 Å². The van der Waals surface area contributed by atoms with E-state index in [1.807, 2.05) is 18.2 Å². The summed E-state index contributed by atoms with van der Waals surface area (Å²) in [7, 11) is -1.70. The maximum atomic E-state index is 12.7. The second-order valence-electron chi connectivity index (χ2n) is 6.75. The van der Waals surface area contributed by atoms with Crippen molar-refractivity contribution in [1.29, 1.82) is 0 Å². The highest BCUT2D eigenvalue weighted by Gasteiger charge is 2.25. The van der Waals surface area contributed by atoms with Gasteiger partial charge in [0, 0.05) is 12.0 Å². The fourth-order valence-corrected chi connectivity index (χ4v) is 4.76. The number of methoxy groups -OCH3 is 1. The lowest BCUT2D eigenvalue weighted by atomic mass is 10.0. The van der Waals surface area contributed by atoms with Gasteiger partial charge in [0.05, 0.1) is 26.5 Å². The molecule has 2 aromatic carbocycles. The van der Waals surface area contributed by atoms with Gasteiger partial charge in [0.25, 0.3) is 5.91 Å². The number of benzene rings is 2. The Morgan fingerprint density at radius 2 is 1.65 bits per heavy atom. The Morgan fingerprint density at radius 3 is 2.19 bits per heavy atom. The SMILES string of the molecule is CCOP(=O)(Cc1ccc(C(=O)N[C@@H](Cc2ccccc2OC)C(N)=O)cc1)OCC. The molecule has 168 valence electrons. The van der Waals surface area contributed by atoms with E-state index in [0.717, 1.165) is 5.56 Å². The Kier molecular flexibility index (Phi) is 9.24. The topological polar surface area (TPSA) is 117 Å². The molecule has 2 rings (SSSR count). The summed E-state index contributed by atoms with van der Waals surface area (Å²) in [6.07, 6.45) is 0.309. The Hall–Kier alpha value is -2.67. The molecule has 2 amide bonds. The third kappa shape index (κ3) is 7.21. The van der Waals surface area contributed by atoms with Crippen molar-refractivity contribution >= 4 is 19.4 Å². The maximum absolute atomic E-state index is 12.7. The molecule has 0 unspecified atom stereocenters. The fraction of sp³-hybridized carbons (Fsp3) is 0.364. The van der Waals surface area contributed by atoms with E-state index < -0.39 is 25.5 Å². The lowest BCUT2D eigenvalue weighted by Crippen LogP contribution is -2.45. The number of hydrogen-bond donors (Lipinski definition) is 2. The number of rotatable bonds is 12. The second-order valence-corrected chi connectivity index (χ2v) is 8.80. The predicted molar refractivity (Wildman–Crippen MR) is 118 cm³/mol. The lowest BCUT2D eigenvalue weighted by Gasteiger charge is -2.18. The Bertz CT molecular complexity index is 922. The number of nitrogens with one attached hydrogen (secondary N) is 1. The molecule has 1 atom stereocenters. The molecule has 0 aliphatic rings. The first kappa shape index (κ1) is 24.6. The first-order valence-electron chi connectivity index (χ1n) is 10.0. The first-order valence-corrected chi connectivity index (χ1v) is 11.7. The molecule has 0 fully saturated rings. The first-order chi connectivity index (χ1) is 14.8. The van der Waals surface area contributed by atoms with Gasteiger partial charge in [-0.3, -0.25) is 14.2 Å². The number of carbonyl (C=O) groups is 2. The zero-order valence-corrected chi connectivity index (χ0v) is 18.9. The second kappa shape index (κ2) is 11.6. The molecule has 8 nitrogen and oxygen atoms in total. The van der Waals surface area contributed by atoms with Crippen molar-refractivity contribution in [3.05, 3.63) is 65.2 Å². The molecule has 2 aromatic rings. The molecule has 0 aliphatic carbocycles. The molecule has 0 aromatic heterocycles. The summed E-state index contributed by atoms with van der Waals surface area (Å²) >= 11 is 0. The van der Waals surface area contributed by atoms with E-state index in [2.05, 4.69) is 5.32 Å². The van der Waals surface area contributed by atoms with Crippen LogP contribution >= 0.6 is 7.60 Å². The molecule has 9 heteroatoms. The minimum Gasteiger partial charge on any atom is -0.496 e. The zero-order valence-electron chi connectivity index (χ0n) is 18.0. The summed E-state index contributed by atoms with van der Waals surface area (Å²) in [4.78, 5) is 24.6. The van der Waals surface area contributed by atoms with Crippen molar-refractivity contribution in [2.75, 3.05) is 20.3 Å². The largest absolute Gasteiger partial charge is 0.496 e. The van der Waals surface area contributed by atoms with Crippen LogP contribution in [0.3, 0.4) is 0 Å². The van der Waals surface area contributed by atoms with Crippen LogP contribution in [0.2, 0.25) is 0 Å².